The monoisotopic (exact) mass is 208 g/mol. The normalized spacial score (nSPS) is 9.50. The highest BCUT2D eigenvalue weighted by atomic mass is 35.5. The second kappa shape index (κ2) is 4.12. The molecular weight excluding hydrogens is 200 g/mol. The summed E-state index contributed by atoms with van der Waals surface area (Å²) in [7, 11) is 0. The molecule has 1 rings (SSSR count). The Hall–Kier alpha value is -1.53. The Bertz CT molecular complexity index is 468. The molecule has 3 nitrogen and oxygen atoms in total. The van der Waals surface area contributed by atoms with Crippen molar-refractivity contribution in [2.45, 2.75) is 13.5 Å². The van der Waals surface area contributed by atoms with Crippen molar-refractivity contribution in [1.29, 1.82) is 5.26 Å². The van der Waals surface area contributed by atoms with Gasteiger partial charge >= 0.3 is 0 Å². The number of hydrogen-bond donors (Lipinski definition) is 0. The molecule has 0 fully saturated rings. The molecule has 0 radical (unpaired) electrons. The van der Waals surface area contributed by atoms with E-state index in [0.29, 0.717) is 10.6 Å². The molecule has 1 aromatic heterocycles. The van der Waals surface area contributed by atoms with Gasteiger partial charge in [0.25, 0.3) is 5.56 Å². The maximum Gasteiger partial charge on any atom is 0.269 e. The van der Waals surface area contributed by atoms with Gasteiger partial charge in [-0.15, -0.1) is 0 Å². The molecule has 0 saturated carbocycles. The van der Waals surface area contributed by atoms with E-state index in [9.17, 15) is 4.79 Å². The molecular formula is C10H9ClN2O. The van der Waals surface area contributed by atoms with Crippen molar-refractivity contribution in [3.8, 4) is 6.07 Å². The summed E-state index contributed by atoms with van der Waals surface area (Å²) in [5.41, 5.74) is 0.508. The molecule has 72 valence electrons. The summed E-state index contributed by atoms with van der Waals surface area (Å²) in [5, 5.41) is 9.10. The van der Waals surface area contributed by atoms with Gasteiger partial charge in [-0.05, 0) is 18.6 Å². The SMILES string of the molecule is C=C(Cl)Cn1ccc(C)c(C#N)c1=O. The minimum Gasteiger partial charge on any atom is -0.309 e. The molecule has 0 spiro atoms. The largest absolute Gasteiger partial charge is 0.309 e. The van der Waals surface area contributed by atoms with Gasteiger partial charge in [0.2, 0.25) is 0 Å². The van der Waals surface area contributed by atoms with E-state index in [0.717, 1.165) is 0 Å². The van der Waals surface area contributed by atoms with Crippen LogP contribution in [0.4, 0.5) is 0 Å². The lowest BCUT2D eigenvalue weighted by molar-refractivity contribution is 0.765. The van der Waals surface area contributed by atoms with Crippen LogP contribution in [0.1, 0.15) is 11.1 Å². The van der Waals surface area contributed by atoms with E-state index in [1.807, 2.05) is 6.07 Å². The van der Waals surface area contributed by atoms with Crippen LogP contribution in [-0.4, -0.2) is 4.57 Å². The Kier molecular flexibility index (Phi) is 3.10. The number of aryl methyl sites for hydroxylation is 1. The van der Waals surface area contributed by atoms with Crippen molar-refractivity contribution in [2.24, 2.45) is 0 Å². The summed E-state index contributed by atoms with van der Waals surface area (Å²) in [6.07, 6.45) is 1.60. The number of halogens is 1. The molecule has 0 bridgehead atoms. The predicted octanol–water partition coefficient (Wildman–Crippen LogP) is 1.78. The minimum atomic E-state index is -0.325. The van der Waals surface area contributed by atoms with Crippen LogP contribution in [0.3, 0.4) is 0 Å². The van der Waals surface area contributed by atoms with Crippen molar-refractivity contribution in [3.63, 3.8) is 0 Å². The first-order valence-corrected chi connectivity index (χ1v) is 4.37. The Morgan fingerprint density at radius 2 is 2.43 bits per heavy atom. The molecule has 14 heavy (non-hydrogen) atoms. The minimum absolute atomic E-state index is 0.158. The molecule has 0 atom stereocenters. The summed E-state index contributed by atoms with van der Waals surface area (Å²) in [5.74, 6) is 0. The van der Waals surface area contributed by atoms with Crippen LogP contribution in [-0.2, 0) is 6.54 Å². The van der Waals surface area contributed by atoms with Gasteiger partial charge in [-0.1, -0.05) is 18.2 Å². The Morgan fingerprint density at radius 1 is 1.79 bits per heavy atom. The molecule has 4 heteroatoms. The maximum absolute atomic E-state index is 11.6. The van der Waals surface area contributed by atoms with Gasteiger partial charge in [-0.25, -0.2) is 0 Å². The van der Waals surface area contributed by atoms with Crippen LogP contribution in [0.5, 0.6) is 0 Å². The molecule has 0 aliphatic carbocycles. The number of rotatable bonds is 2. The summed E-state index contributed by atoms with van der Waals surface area (Å²) >= 11 is 5.58. The van der Waals surface area contributed by atoms with Crippen molar-refractivity contribution in [2.75, 3.05) is 0 Å². The average molecular weight is 209 g/mol. The van der Waals surface area contributed by atoms with Gasteiger partial charge in [0.05, 0.1) is 6.54 Å². The Morgan fingerprint density at radius 3 is 2.93 bits per heavy atom. The van der Waals surface area contributed by atoms with Crippen molar-refractivity contribution >= 4 is 11.6 Å². The third kappa shape index (κ3) is 2.04. The third-order valence-corrected chi connectivity index (χ3v) is 1.95. The van der Waals surface area contributed by atoms with Crippen molar-refractivity contribution in [3.05, 3.63) is 45.4 Å². The highest BCUT2D eigenvalue weighted by Gasteiger charge is 2.06. The zero-order valence-corrected chi connectivity index (χ0v) is 8.51. The van der Waals surface area contributed by atoms with Gasteiger partial charge < -0.3 is 4.57 Å². The first kappa shape index (κ1) is 10.6. The van der Waals surface area contributed by atoms with Crippen LogP contribution >= 0.6 is 11.6 Å². The summed E-state index contributed by atoms with van der Waals surface area (Å²) < 4.78 is 1.36. The van der Waals surface area contributed by atoms with E-state index in [1.165, 1.54) is 4.57 Å². The summed E-state index contributed by atoms with van der Waals surface area (Å²) in [4.78, 5) is 11.6. The second-order valence-corrected chi connectivity index (χ2v) is 3.47. The average Bonchev–Trinajstić information content (AvgIpc) is 2.10. The van der Waals surface area contributed by atoms with Crippen LogP contribution in [0.2, 0.25) is 0 Å². The number of nitrogens with zero attached hydrogens (tertiary/aromatic N) is 2. The lowest BCUT2D eigenvalue weighted by Gasteiger charge is -2.05. The number of hydrogen-bond acceptors (Lipinski definition) is 2. The van der Waals surface area contributed by atoms with Crippen LogP contribution in [0.15, 0.2) is 28.7 Å². The molecule has 0 saturated heterocycles. The molecule has 1 aromatic rings. The van der Waals surface area contributed by atoms with E-state index in [4.69, 9.17) is 16.9 Å². The number of allylic oxidation sites excluding steroid dienone is 1. The van der Waals surface area contributed by atoms with Gasteiger partial charge in [0, 0.05) is 11.2 Å². The van der Waals surface area contributed by atoms with Crippen LogP contribution in [0, 0.1) is 18.3 Å². The first-order valence-electron chi connectivity index (χ1n) is 3.99. The number of pyridine rings is 1. The number of nitriles is 1. The third-order valence-electron chi connectivity index (χ3n) is 1.83. The topological polar surface area (TPSA) is 45.8 Å². The molecule has 0 aliphatic rings. The quantitative estimate of drug-likeness (QED) is 0.744. The van der Waals surface area contributed by atoms with Gasteiger partial charge in [0.1, 0.15) is 11.6 Å². The zero-order chi connectivity index (χ0) is 10.7. The van der Waals surface area contributed by atoms with E-state index in [-0.39, 0.29) is 17.7 Å². The smallest absolute Gasteiger partial charge is 0.269 e. The predicted molar refractivity (Wildman–Crippen MR) is 55.1 cm³/mol. The highest BCUT2D eigenvalue weighted by molar-refractivity contribution is 6.29. The Labute approximate surface area is 86.9 Å². The Balaban J connectivity index is 3.31. The van der Waals surface area contributed by atoms with Crippen molar-refractivity contribution < 1.29 is 0 Å². The van der Waals surface area contributed by atoms with E-state index >= 15 is 0 Å². The van der Waals surface area contributed by atoms with E-state index in [2.05, 4.69) is 6.58 Å². The zero-order valence-electron chi connectivity index (χ0n) is 7.75. The van der Waals surface area contributed by atoms with Crippen LogP contribution in [0.25, 0.3) is 0 Å². The van der Waals surface area contributed by atoms with E-state index < -0.39 is 0 Å². The summed E-state index contributed by atoms with van der Waals surface area (Å²) in [6.45, 7) is 5.45. The lowest BCUT2D eigenvalue weighted by atomic mass is 10.2. The molecule has 1 heterocycles. The van der Waals surface area contributed by atoms with Crippen molar-refractivity contribution in [1.82, 2.24) is 4.57 Å². The fraction of sp³-hybridized carbons (Fsp3) is 0.200. The number of aromatic nitrogens is 1. The molecule has 0 unspecified atom stereocenters. The fourth-order valence-corrected chi connectivity index (χ4v) is 1.24. The fourth-order valence-electron chi connectivity index (χ4n) is 1.11. The standard InChI is InChI=1S/C10H9ClN2O/c1-7-3-4-13(6-8(2)11)10(14)9(7)5-12/h3-4H,2,6H2,1H3. The molecule has 0 aliphatic heterocycles. The molecule has 0 N–H and O–H groups in total. The van der Waals surface area contributed by atoms with Gasteiger partial charge in [0.15, 0.2) is 0 Å². The second-order valence-electron chi connectivity index (χ2n) is 2.94. The van der Waals surface area contributed by atoms with Gasteiger partial charge in [-0.3, -0.25) is 4.79 Å². The van der Waals surface area contributed by atoms with Crippen LogP contribution < -0.4 is 5.56 Å². The lowest BCUT2D eigenvalue weighted by Crippen LogP contribution is -2.23. The first-order chi connectivity index (χ1) is 6.56. The highest BCUT2D eigenvalue weighted by Crippen LogP contribution is 2.03. The summed E-state index contributed by atoms with van der Waals surface area (Å²) in [6, 6.07) is 3.58. The van der Waals surface area contributed by atoms with E-state index in [1.54, 1.807) is 19.2 Å². The maximum atomic E-state index is 11.6. The molecule has 0 aromatic carbocycles. The van der Waals surface area contributed by atoms with Gasteiger partial charge in [-0.2, -0.15) is 5.26 Å². The molecule has 0 amide bonds.